The van der Waals surface area contributed by atoms with Gasteiger partial charge in [-0.2, -0.15) is 0 Å². The molecule has 0 aliphatic carbocycles. The Kier molecular flexibility index (Phi) is 6.34. The van der Waals surface area contributed by atoms with Gasteiger partial charge in [0, 0.05) is 68.8 Å². The molecule has 7 nitrogen and oxygen atoms in total. The smallest absolute Gasteiger partial charge is 0.222 e. The molecule has 0 saturated carbocycles. The quantitative estimate of drug-likeness (QED) is 0.809. The van der Waals surface area contributed by atoms with E-state index in [1.165, 1.54) is 0 Å². The predicted molar refractivity (Wildman–Crippen MR) is 112 cm³/mol. The predicted octanol–water partition coefficient (Wildman–Crippen LogP) is 3.25. The lowest BCUT2D eigenvalue weighted by molar-refractivity contribution is -0.132. The number of carbonyl (C=O) groups excluding carboxylic acids is 1. The van der Waals surface area contributed by atoms with Crippen molar-refractivity contribution in [3.63, 3.8) is 0 Å². The summed E-state index contributed by atoms with van der Waals surface area (Å²) >= 11 is 0. The van der Waals surface area contributed by atoms with E-state index in [0.29, 0.717) is 18.2 Å². The van der Waals surface area contributed by atoms with Crippen LogP contribution in [0.2, 0.25) is 0 Å². The van der Waals surface area contributed by atoms with Crippen LogP contribution in [0.3, 0.4) is 0 Å². The first-order valence-corrected chi connectivity index (χ1v) is 10.6. The Morgan fingerprint density at radius 3 is 2.83 bits per heavy atom. The van der Waals surface area contributed by atoms with Crippen LogP contribution in [0.5, 0.6) is 0 Å². The zero-order chi connectivity index (χ0) is 20.1. The van der Waals surface area contributed by atoms with Crippen LogP contribution < -0.4 is 5.32 Å². The van der Waals surface area contributed by atoms with Gasteiger partial charge in [0.2, 0.25) is 5.91 Å². The van der Waals surface area contributed by atoms with Gasteiger partial charge in [0.1, 0.15) is 5.82 Å². The summed E-state index contributed by atoms with van der Waals surface area (Å²) < 4.78 is 5.64. The minimum absolute atomic E-state index is 0.258. The summed E-state index contributed by atoms with van der Waals surface area (Å²) in [6.07, 6.45) is 9.34. The summed E-state index contributed by atoms with van der Waals surface area (Å²) in [6.45, 7) is 2.42. The molecule has 7 heteroatoms. The topological polar surface area (TPSA) is 80.2 Å². The standard InChI is InChI=1S/C22H29N5O2/c1-23-20-14-19(25-22(26-20)17-4-2-10-24-15-17)16-8-11-27(12-9-16)21(28)7-6-18-5-3-13-29-18/h2,4,10,14-16,18H,3,5-9,11-13H2,1H3,(H,23,25,26)/t18-/m1/s1. The number of amides is 1. The Balaban J connectivity index is 1.38. The highest BCUT2D eigenvalue weighted by Gasteiger charge is 2.26. The van der Waals surface area contributed by atoms with Gasteiger partial charge in [0.25, 0.3) is 0 Å². The molecule has 2 saturated heterocycles. The largest absolute Gasteiger partial charge is 0.378 e. The lowest BCUT2D eigenvalue weighted by atomic mass is 9.92. The zero-order valence-electron chi connectivity index (χ0n) is 17.0. The molecule has 2 fully saturated rings. The van der Waals surface area contributed by atoms with Crippen molar-refractivity contribution in [3.8, 4) is 11.4 Å². The van der Waals surface area contributed by atoms with Gasteiger partial charge in [-0.25, -0.2) is 9.97 Å². The number of anilines is 1. The van der Waals surface area contributed by atoms with Gasteiger partial charge in [-0.15, -0.1) is 0 Å². The zero-order valence-corrected chi connectivity index (χ0v) is 17.0. The highest BCUT2D eigenvalue weighted by atomic mass is 16.5. The fourth-order valence-corrected chi connectivity index (χ4v) is 4.17. The van der Waals surface area contributed by atoms with E-state index < -0.39 is 0 Å². The molecule has 0 bridgehead atoms. The number of aromatic nitrogens is 3. The van der Waals surface area contributed by atoms with Crippen molar-refractivity contribution < 1.29 is 9.53 Å². The fourth-order valence-electron chi connectivity index (χ4n) is 4.17. The van der Waals surface area contributed by atoms with Crippen molar-refractivity contribution >= 4 is 11.7 Å². The summed E-state index contributed by atoms with van der Waals surface area (Å²) in [5.41, 5.74) is 1.95. The number of nitrogens with one attached hydrogen (secondary N) is 1. The molecular weight excluding hydrogens is 366 g/mol. The second kappa shape index (κ2) is 9.31. The Bertz CT molecular complexity index is 815. The second-order valence-electron chi connectivity index (χ2n) is 7.82. The summed E-state index contributed by atoms with van der Waals surface area (Å²) in [4.78, 5) is 28.2. The highest BCUT2D eigenvalue weighted by Crippen LogP contribution is 2.30. The molecule has 1 N–H and O–H groups in total. The molecular formula is C22H29N5O2. The van der Waals surface area contributed by atoms with Crippen LogP contribution >= 0.6 is 0 Å². The molecule has 0 radical (unpaired) electrons. The molecule has 0 spiro atoms. The Morgan fingerprint density at radius 1 is 1.28 bits per heavy atom. The Hall–Kier alpha value is -2.54. The van der Waals surface area contributed by atoms with E-state index in [1.54, 1.807) is 12.4 Å². The van der Waals surface area contributed by atoms with Gasteiger partial charge >= 0.3 is 0 Å². The third kappa shape index (κ3) is 4.90. The van der Waals surface area contributed by atoms with E-state index in [9.17, 15) is 4.79 Å². The first kappa shape index (κ1) is 19.8. The van der Waals surface area contributed by atoms with Crippen LogP contribution in [0.4, 0.5) is 5.82 Å². The minimum Gasteiger partial charge on any atom is -0.378 e. The van der Waals surface area contributed by atoms with Crippen molar-refractivity contribution in [2.75, 3.05) is 32.1 Å². The average Bonchev–Trinajstić information content (AvgIpc) is 3.31. The number of likely N-dealkylation sites (tertiary alicyclic amines) is 1. The molecule has 2 aromatic rings. The summed E-state index contributed by atoms with van der Waals surface area (Å²) in [7, 11) is 1.87. The van der Waals surface area contributed by atoms with Crippen molar-refractivity contribution in [2.24, 2.45) is 0 Å². The van der Waals surface area contributed by atoms with Crippen molar-refractivity contribution in [1.29, 1.82) is 0 Å². The van der Waals surface area contributed by atoms with Gasteiger partial charge in [-0.1, -0.05) is 0 Å². The van der Waals surface area contributed by atoms with Crippen molar-refractivity contribution in [3.05, 3.63) is 36.3 Å². The van der Waals surface area contributed by atoms with Gasteiger partial charge < -0.3 is 15.0 Å². The Labute approximate surface area is 171 Å². The van der Waals surface area contributed by atoms with Gasteiger partial charge in [0.15, 0.2) is 5.82 Å². The maximum Gasteiger partial charge on any atom is 0.222 e. The van der Waals surface area contributed by atoms with Crippen molar-refractivity contribution in [2.45, 2.75) is 50.5 Å². The Morgan fingerprint density at radius 2 is 2.14 bits per heavy atom. The van der Waals surface area contributed by atoms with Crippen molar-refractivity contribution in [1.82, 2.24) is 19.9 Å². The third-order valence-electron chi connectivity index (χ3n) is 5.89. The molecule has 1 atom stereocenters. The molecule has 4 heterocycles. The van der Waals surface area contributed by atoms with Gasteiger partial charge in [-0.05, 0) is 44.2 Å². The van der Waals surface area contributed by atoms with Crippen LogP contribution in [-0.4, -0.2) is 58.6 Å². The van der Waals surface area contributed by atoms with E-state index in [0.717, 1.165) is 68.9 Å². The van der Waals surface area contributed by atoms with E-state index in [2.05, 4.69) is 15.3 Å². The fraction of sp³-hybridized carbons (Fsp3) is 0.545. The second-order valence-corrected chi connectivity index (χ2v) is 7.82. The number of piperidine rings is 1. The molecule has 1 amide bonds. The summed E-state index contributed by atoms with van der Waals surface area (Å²) in [5, 5.41) is 3.14. The monoisotopic (exact) mass is 395 g/mol. The van der Waals surface area contributed by atoms with Crippen LogP contribution in [0, 0.1) is 0 Å². The molecule has 0 unspecified atom stereocenters. The lowest BCUT2D eigenvalue weighted by Crippen LogP contribution is -2.38. The van der Waals surface area contributed by atoms with E-state index in [4.69, 9.17) is 9.72 Å². The molecule has 2 aliphatic heterocycles. The minimum atomic E-state index is 0.258. The van der Waals surface area contributed by atoms with E-state index in [1.807, 2.05) is 30.1 Å². The normalized spacial score (nSPS) is 20.0. The van der Waals surface area contributed by atoms with E-state index >= 15 is 0 Å². The maximum absolute atomic E-state index is 12.6. The molecule has 0 aromatic carbocycles. The SMILES string of the molecule is CNc1cc(C2CCN(C(=O)CC[C@H]3CCCO3)CC2)nc(-c2cccnc2)n1. The average molecular weight is 396 g/mol. The van der Waals surface area contributed by atoms with E-state index in [-0.39, 0.29) is 12.0 Å². The van der Waals surface area contributed by atoms with Crippen LogP contribution in [-0.2, 0) is 9.53 Å². The first-order chi connectivity index (χ1) is 14.2. The van der Waals surface area contributed by atoms with Gasteiger partial charge in [-0.3, -0.25) is 9.78 Å². The number of nitrogens with zero attached hydrogens (tertiary/aromatic N) is 4. The highest BCUT2D eigenvalue weighted by molar-refractivity contribution is 5.76. The molecule has 29 heavy (non-hydrogen) atoms. The number of hydrogen-bond donors (Lipinski definition) is 1. The van der Waals surface area contributed by atoms with Crippen LogP contribution in [0.15, 0.2) is 30.6 Å². The molecule has 2 aromatic heterocycles. The molecule has 4 rings (SSSR count). The first-order valence-electron chi connectivity index (χ1n) is 10.6. The number of carbonyl (C=O) groups is 1. The summed E-state index contributed by atoms with van der Waals surface area (Å²) in [5.74, 6) is 2.09. The lowest BCUT2D eigenvalue weighted by Gasteiger charge is -2.32. The number of pyridine rings is 1. The number of rotatable bonds is 6. The van der Waals surface area contributed by atoms with Crippen LogP contribution in [0.25, 0.3) is 11.4 Å². The maximum atomic E-state index is 12.6. The number of ether oxygens (including phenoxy) is 1. The molecule has 2 aliphatic rings. The number of hydrogen-bond acceptors (Lipinski definition) is 6. The molecule has 154 valence electrons. The third-order valence-corrected chi connectivity index (χ3v) is 5.89. The summed E-state index contributed by atoms with van der Waals surface area (Å²) in [6, 6.07) is 5.89. The van der Waals surface area contributed by atoms with Crippen LogP contribution in [0.1, 0.15) is 50.1 Å². The van der Waals surface area contributed by atoms with Gasteiger partial charge in [0.05, 0.1) is 6.10 Å².